The average molecular weight is 538 g/mol. The van der Waals surface area contributed by atoms with Crippen LogP contribution in [0.15, 0.2) is 140 Å². The van der Waals surface area contributed by atoms with Crippen molar-refractivity contribution in [2.75, 3.05) is 0 Å². The Kier molecular flexibility index (Phi) is 10.0. The van der Waals surface area contributed by atoms with Gasteiger partial charge < -0.3 is 37.2 Å². The Labute approximate surface area is 232 Å². The fourth-order valence-electron chi connectivity index (χ4n) is 4.89. The van der Waals surface area contributed by atoms with Gasteiger partial charge in [-0.3, -0.25) is 0 Å². The predicted molar refractivity (Wildman–Crippen MR) is 125 cm³/mol. The zero-order valence-electron chi connectivity index (χ0n) is 18.4. The zero-order valence-corrected chi connectivity index (χ0v) is 22.2. The van der Waals surface area contributed by atoms with E-state index in [0.29, 0.717) is 0 Å². The molecular weight excluding hydrogens is 515 g/mol. The normalized spacial score (nSPS) is 16.5. The van der Waals surface area contributed by atoms with Gasteiger partial charge in [-0.2, -0.15) is 0 Å². The molecular formula is C30H23Cl3Ti. The Morgan fingerprint density at radius 3 is 1.24 bits per heavy atom. The molecule has 0 aliphatic heterocycles. The number of halogens is 3. The van der Waals surface area contributed by atoms with E-state index in [1.807, 2.05) is 0 Å². The van der Waals surface area contributed by atoms with Gasteiger partial charge in [-0.1, -0.05) is 0 Å². The molecule has 0 aromatic heterocycles. The van der Waals surface area contributed by atoms with Gasteiger partial charge in [0.1, 0.15) is 0 Å². The summed E-state index contributed by atoms with van der Waals surface area (Å²) in [7, 11) is 0. The molecule has 0 heterocycles. The molecule has 0 nitrogen and oxygen atoms in total. The third-order valence-electron chi connectivity index (χ3n) is 6.26. The van der Waals surface area contributed by atoms with Gasteiger partial charge in [0.05, 0.1) is 0 Å². The molecule has 1 atom stereocenters. The minimum atomic E-state index is -0.357. The molecule has 4 aromatic rings. The van der Waals surface area contributed by atoms with Gasteiger partial charge in [0, 0.05) is 0 Å². The van der Waals surface area contributed by atoms with Crippen molar-refractivity contribution in [3.63, 3.8) is 0 Å². The van der Waals surface area contributed by atoms with Crippen LogP contribution in [0.3, 0.4) is 0 Å². The fourth-order valence-corrected chi connectivity index (χ4v) is 5.94. The molecule has 0 N–H and O–H groups in total. The summed E-state index contributed by atoms with van der Waals surface area (Å²) in [4.78, 5) is 0. The molecule has 1 aliphatic carbocycles. The molecule has 1 unspecified atom stereocenters. The first-order valence-corrected chi connectivity index (χ1v) is 11.4. The maximum absolute atomic E-state index is 2.45. The molecule has 0 saturated heterocycles. The van der Waals surface area contributed by atoms with Crippen molar-refractivity contribution < 1.29 is 57.7 Å². The van der Waals surface area contributed by atoms with Gasteiger partial charge in [-0.15, -0.1) is 0 Å². The van der Waals surface area contributed by atoms with Gasteiger partial charge in [-0.05, 0) is 0 Å². The average Bonchev–Trinajstić information content (AvgIpc) is 3.25. The van der Waals surface area contributed by atoms with Crippen LogP contribution in [0.25, 0.3) is 5.57 Å². The van der Waals surface area contributed by atoms with E-state index in [0.717, 1.165) is 0 Å². The van der Waals surface area contributed by atoms with E-state index >= 15 is 0 Å². The van der Waals surface area contributed by atoms with E-state index in [4.69, 9.17) is 0 Å². The summed E-state index contributed by atoms with van der Waals surface area (Å²) in [5, 5.41) is 0. The third kappa shape index (κ3) is 4.85. The van der Waals surface area contributed by atoms with Crippen LogP contribution < -0.4 is 37.2 Å². The van der Waals surface area contributed by atoms with Gasteiger partial charge in [0.15, 0.2) is 0 Å². The van der Waals surface area contributed by atoms with E-state index in [1.165, 1.54) is 27.8 Å². The van der Waals surface area contributed by atoms with Crippen LogP contribution >= 0.6 is 0 Å². The summed E-state index contributed by atoms with van der Waals surface area (Å²) in [6.45, 7) is 0. The number of hydrogen-bond acceptors (Lipinski definition) is 0. The first-order chi connectivity index (χ1) is 15.2. The summed E-state index contributed by atoms with van der Waals surface area (Å²) < 4.78 is -0.248. The number of benzene rings is 4. The van der Waals surface area contributed by atoms with Crippen molar-refractivity contribution in [1.82, 2.24) is 0 Å². The van der Waals surface area contributed by atoms with E-state index in [1.54, 1.807) is 0 Å². The molecule has 168 valence electrons. The summed E-state index contributed by atoms with van der Waals surface area (Å²) >= 11 is 2.37. The van der Waals surface area contributed by atoms with Gasteiger partial charge in [-0.25, -0.2) is 0 Å². The van der Waals surface area contributed by atoms with Gasteiger partial charge >= 0.3 is 197 Å². The first kappa shape index (κ1) is 28.2. The quantitative estimate of drug-likeness (QED) is 0.213. The predicted octanol–water partition coefficient (Wildman–Crippen LogP) is -1.61. The van der Waals surface area contributed by atoms with Crippen LogP contribution in [-0.4, -0.2) is 0 Å². The van der Waals surface area contributed by atoms with E-state index < -0.39 is 0 Å². The van der Waals surface area contributed by atoms with E-state index in [2.05, 4.69) is 160 Å². The number of hydrogen-bond donors (Lipinski definition) is 0. The van der Waals surface area contributed by atoms with Gasteiger partial charge in [0.25, 0.3) is 0 Å². The molecule has 0 spiro atoms. The van der Waals surface area contributed by atoms with Gasteiger partial charge in [0.2, 0.25) is 0 Å². The third-order valence-corrected chi connectivity index (χ3v) is 7.33. The molecule has 0 amide bonds. The Balaban J connectivity index is 0.00000136. The Hall–Kier alpha value is -2.06. The minimum absolute atomic E-state index is 0. The fraction of sp³-hybridized carbons (Fsp3) is 0.0667. The van der Waals surface area contributed by atoms with Crippen molar-refractivity contribution in [2.24, 2.45) is 0 Å². The SMILES string of the molecule is [Cl-].[Cl-].[Cl-].[Ti+3][C]1(C(c2ccccc2)(c2ccccc2)c2ccccc2)C=CC(c2ccccc2)=C1. The summed E-state index contributed by atoms with van der Waals surface area (Å²) in [6, 6.07) is 43.5. The monoisotopic (exact) mass is 536 g/mol. The Bertz CT molecular complexity index is 1130. The van der Waals surface area contributed by atoms with E-state index in [9.17, 15) is 0 Å². The second-order valence-corrected chi connectivity index (χ2v) is 9.31. The second kappa shape index (κ2) is 12.1. The summed E-state index contributed by atoms with van der Waals surface area (Å²) in [5.74, 6) is 0. The van der Waals surface area contributed by atoms with Crippen molar-refractivity contribution in [3.05, 3.63) is 162 Å². The molecule has 0 saturated carbocycles. The standard InChI is InChI=1S/C30H23.3ClH.Ti/c1-5-13-24(14-6-1)25-21-22-29(23-25)30(26-15-7-2-8-16-26,27-17-9-3-10-18-27)28-19-11-4-12-20-28;;;;/h1-23H;3*1H;/q;;;;+3/p-3. The Morgan fingerprint density at radius 1 is 0.500 bits per heavy atom. The molecule has 34 heavy (non-hydrogen) atoms. The molecule has 4 aromatic carbocycles. The van der Waals surface area contributed by atoms with Crippen molar-refractivity contribution >= 4 is 5.57 Å². The number of allylic oxidation sites excluding steroid dienone is 4. The van der Waals surface area contributed by atoms with E-state index in [-0.39, 0.29) is 46.4 Å². The Morgan fingerprint density at radius 2 is 0.853 bits per heavy atom. The van der Waals surface area contributed by atoms with Crippen molar-refractivity contribution in [1.29, 1.82) is 0 Å². The molecule has 1 aliphatic rings. The first-order valence-electron chi connectivity index (χ1n) is 10.6. The topological polar surface area (TPSA) is 0 Å². The van der Waals surface area contributed by atoms with Crippen molar-refractivity contribution in [2.45, 2.75) is 9.13 Å². The van der Waals surface area contributed by atoms with Crippen LogP contribution in [0, 0.1) is 0 Å². The summed E-state index contributed by atoms with van der Waals surface area (Å²) in [5.41, 5.74) is 6.06. The van der Waals surface area contributed by atoms with Crippen LogP contribution in [0.5, 0.6) is 0 Å². The molecule has 0 bridgehead atoms. The molecule has 5 rings (SSSR count). The van der Waals surface area contributed by atoms with Crippen LogP contribution in [0.2, 0.25) is 3.72 Å². The maximum atomic E-state index is 2.45. The molecule has 0 radical (unpaired) electrons. The second-order valence-electron chi connectivity index (χ2n) is 8.02. The van der Waals surface area contributed by atoms with Crippen LogP contribution in [-0.2, 0) is 25.9 Å². The zero-order chi connectivity index (χ0) is 21.2. The van der Waals surface area contributed by atoms with Crippen molar-refractivity contribution in [3.8, 4) is 0 Å². The number of rotatable bonds is 5. The summed E-state index contributed by atoms with van der Waals surface area (Å²) in [6.07, 6.45) is 7.14. The van der Waals surface area contributed by atoms with Crippen LogP contribution in [0.1, 0.15) is 22.3 Å². The molecule has 4 heteroatoms. The molecule has 0 fully saturated rings. The van der Waals surface area contributed by atoms with Crippen LogP contribution in [0.4, 0.5) is 0 Å².